The van der Waals surface area contributed by atoms with Crippen molar-refractivity contribution in [2.45, 2.75) is 6.54 Å². The number of nitrogens with zero attached hydrogens (tertiary/aromatic N) is 1. The first-order valence-corrected chi connectivity index (χ1v) is 5.17. The van der Waals surface area contributed by atoms with Gasteiger partial charge in [-0.2, -0.15) is 0 Å². The molecule has 2 aromatic carbocycles. The molecule has 15 heavy (non-hydrogen) atoms. The molecule has 0 saturated heterocycles. The van der Waals surface area contributed by atoms with Gasteiger partial charge >= 0.3 is 0 Å². The highest BCUT2D eigenvalue weighted by molar-refractivity contribution is 6.07. The summed E-state index contributed by atoms with van der Waals surface area (Å²) in [6.45, 7) is 4.76. The molecule has 73 valence electrons. The van der Waals surface area contributed by atoms with E-state index in [1.165, 1.54) is 21.8 Å². The fraction of sp³-hybridized carbons (Fsp3) is 0.0714. The molecule has 0 N–H and O–H groups in total. The highest BCUT2D eigenvalue weighted by atomic mass is 15.0. The van der Waals surface area contributed by atoms with Gasteiger partial charge in [-0.15, -0.1) is 0 Å². The molecule has 3 rings (SSSR count). The average Bonchev–Trinajstić information content (AvgIpc) is 2.63. The molecular weight excluding hydrogens is 182 g/mol. The molecule has 0 atom stereocenters. The number of benzene rings is 2. The molecule has 0 aliphatic carbocycles. The highest BCUT2D eigenvalue weighted by Crippen LogP contribution is 2.28. The maximum atomic E-state index is 3.99. The summed E-state index contributed by atoms with van der Waals surface area (Å²) in [7, 11) is 0. The maximum Gasteiger partial charge on any atom is 0.0491 e. The van der Waals surface area contributed by atoms with E-state index in [4.69, 9.17) is 0 Å². The van der Waals surface area contributed by atoms with E-state index in [0.717, 1.165) is 6.54 Å². The Balaban J connectivity index is 2.62. The van der Waals surface area contributed by atoms with E-state index in [-0.39, 0.29) is 0 Å². The lowest BCUT2D eigenvalue weighted by Crippen LogP contribution is -1.92. The van der Waals surface area contributed by atoms with Gasteiger partial charge in [0.25, 0.3) is 0 Å². The summed E-state index contributed by atoms with van der Waals surface area (Å²) < 4.78 is 2.25. The topological polar surface area (TPSA) is 4.93 Å². The van der Waals surface area contributed by atoms with Gasteiger partial charge in [0.2, 0.25) is 0 Å². The number of fused-ring (bicyclic) bond motifs is 3. The molecule has 1 heteroatoms. The number of hydrogen-bond donors (Lipinski definition) is 0. The Hall–Kier alpha value is -1.76. The average molecular weight is 194 g/mol. The zero-order valence-corrected chi connectivity index (χ0v) is 8.48. The van der Waals surface area contributed by atoms with Crippen molar-refractivity contribution in [1.82, 2.24) is 4.57 Å². The van der Waals surface area contributed by atoms with Crippen molar-refractivity contribution >= 4 is 21.8 Å². The monoisotopic (exact) mass is 194 g/mol. The maximum absolute atomic E-state index is 3.99. The molecule has 1 heterocycles. The third-order valence-corrected chi connectivity index (χ3v) is 2.90. The van der Waals surface area contributed by atoms with Crippen molar-refractivity contribution in [3.63, 3.8) is 0 Å². The molecule has 3 aromatic rings. The first-order valence-electron chi connectivity index (χ1n) is 5.17. The quantitative estimate of drug-likeness (QED) is 0.557. The molecule has 0 aliphatic rings. The molecule has 0 fully saturated rings. The molecular formula is C14H12N. The van der Waals surface area contributed by atoms with Crippen molar-refractivity contribution in [1.29, 1.82) is 0 Å². The molecule has 0 bridgehead atoms. The van der Waals surface area contributed by atoms with Crippen LogP contribution in [0, 0.1) is 6.92 Å². The predicted octanol–water partition coefficient (Wildman–Crippen LogP) is 3.63. The van der Waals surface area contributed by atoms with Crippen LogP contribution in [0.15, 0.2) is 48.5 Å². The van der Waals surface area contributed by atoms with Crippen LogP contribution in [0.25, 0.3) is 21.8 Å². The second-order valence-electron chi connectivity index (χ2n) is 3.69. The standard InChI is InChI=1S/C14H12N/c1-2-15-13-9-5-3-7-11(13)12-8-4-6-10-14(12)15/h3-10H,1-2H2. The fourth-order valence-electron chi connectivity index (χ4n) is 2.24. The number of aromatic nitrogens is 1. The van der Waals surface area contributed by atoms with Crippen molar-refractivity contribution in [3.8, 4) is 0 Å². The van der Waals surface area contributed by atoms with Crippen molar-refractivity contribution < 1.29 is 0 Å². The normalized spacial score (nSPS) is 11.3. The van der Waals surface area contributed by atoms with Gasteiger partial charge in [-0.05, 0) is 19.1 Å². The molecule has 1 aromatic heterocycles. The van der Waals surface area contributed by atoms with E-state index in [1.54, 1.807) is 0 Å². The van der Waals surface area contributed by atoms with Gasteiger partial charge in [-0.1, -0.05) is 36.4 Å². The van der Waals surface area contributed by atoms with E-state index in [0.29, 0.717) is 0 Å². The molecule has 0 spiro atoms. The third kappa shape index (κ3) is 1.09. The Bertz CT molecular complexity index is 566. The molecule has 0 amide bonds. The summed E-state index contributed by atoms with van der Waals surface area (Å²) in [6, 6.07) is 17.0. The summed E-state index contributed by atoms with van der Waals surface area (Å²) in [5.41, 5.74) is 2.54. The molecule has 1 nitrogen and oxygen atoms in total. The van der Waals surface area contributed by atoms with Gasteiger partial charge in [0.05, 0.1) is 0 Å². The minimum Gasteiger partial charge on any atom is -0.340 e. The predicted molar refractivity (Wildman–Crippen MR) is 64.8 cm³/mol. The number of hydrogen-bond acceptors (Lipinski definition) is 0. The SMILES string of the molecule is [CH2]Cn1c2ccccc2c2ccccc21. The van der Waals surface area contributed by atoms with Gasteiger partial charge < -0.3 is 4.57 Å². The first-order chi connectivity index (χ1) is 7.42. The first kappa shape index (κ1) is 8.54. The van der Waals surface area contributed by atoms with Gasteiger partial charge in [0.1, 0.15) is 0 Å². The van der Waals surface area contributed by atoms with Crippen molar-refractivity contribution in [3.05, 3.63) is 55.5 Å². The Labute approximate surface area is 88.9 Å². The lowest BCUT2D eigenvalue weighted by molar-refractivity contribution is 0.896. The summed E-state index contributed by atoms with van der Waals surface area (Å²) in [4.78, 5) is 0. The van der Waals surface area contributed by atoms with Crippen LogP contribution in [0.1, 0.15) is 0 Å². The third-order valence-electron chi connectivity index (χ3n) is 2.90. The van der Waals surface area contributed by atoms with Crippen LogP contribution in [0.4, 0.5) is 0 Å². The Morgan fingerprint density at radius 3 is 1.73 bits per heavy atom. The summed E-state index contributed by atoms with van der Waals surface area (Å²) in [5, 5.41) is 2.63. The van der Waals surface area contributed by atoms with Gasteiger partial charge in [-0.3, -0.25) is 0 Å². The number of para-hydroxylation sites is 2. The van der Waals surface area contributed by atoms with Crippen molar-refractivity contribution in [2.75, 3.05) is 0 Å². The minimum absolute atomic E-state index is 0.772. The van der Waals surface area contributed by atoms with Crippen LogP contribution in [0.5, 0.6) is 0 Å². The zero-order valence-electron chi connectivity index (χ0n) is 8.48. The van der Waals surface area contributed by atoms with E-state index >= 15 is 0 Å². The molecule has 0 aliphatic heterocycles. The van der Waals surface area contributed by atoms with Crippen LogP contribution in [0.2, 0.25) is 0 Å². The van der Waals surface area contributed by atoms with Crippen LogP contribution in [-0.2, 0) is 6.54 Å². The Morgan fingerprint density at radius 1 is 0.800 bits per heavy atom. The van der Waals surface area contributed by atoms with Crippen LogP contribution >= 0.6 is 0 Å². The lowest BCUT2D eigenvalue weighted by Gasteiger charge is -2.01. The van der Waals surface area contributed by atoms with E-state index in [2.05, 4.69) is 60.0 Å². The van der Waals surface area contributed by atoms with Crippen LogP contribution < -0.4 is 0 Å². The largest absolute Gasteiger partial charge is 0.340 e. The second kappa shape index (κ2) is 3.13. The molecule has 1 radical (unpaired) electrons. The fourth-order valence-corrected chi connectivity index (χ4v) is 2.24. The summed E-state index contributed by atoms with van der Waals surface area (Å²) in [6.07, 6.45) is 0. The van der Waals surface area contributed by atoms with Gasteiger partial charge in [0, 0.05) is 28.4 Å². The zero-order chi connectivity index (χ0) is 10.3. The highest BCUT2D eigenvalue weighted by Gasteiger charge is 2.06. The number of rotatable bonds is 1. The van der Waals surface area contributed by atoms with Crippen molar-refractivity contribution in [2.24, 2.45) is 0 Å². The lowest BCUT2D eigenvalue weighted by atomic mass is 10.2. The second-order valence-corrected chi connectivity index (χ2v) is 3.69. The Kier molecular flexibility index (Phi) is 1.78. The van der Waals surface area contributed by atoms with Crippen LogP contribution in [0.3, 0.4) is 0 Å². The van der Waals surface area contributed by atoms with Gasteiger partial charge in [-0.25, -0.2) is 0 Å². The van der Waals surface area contributed by atoms with E-state index < -0.39 is 0 Å². The van der Waals surface area contributed by atoms with Crippen LogP contribution in [-0.4, -0.2) is 4.57 Å². The molecule has 0 saturated carbocycles. The smallest absolute Gasteiger partial charge is 0.0491 e. The van der Waals surface area contributed by atoms with E-state index in [1.807, 2.05) is 0 Å². The van der Waals surface area contributed by atoms with Gasteiger partial charge in [0.15, 0.2) is 0 Å². The summed E-state index contributed by atoms with van der Waals surface area (Å²) >= 11 is 0. The summed E-state index contributed by atoms with van der Waals surface area (Å²) in [5.74, 6) is 0. The molecule has 0 unspecified atom stereocenters. The Morgan fingerprint density at radius 2 is 1.27 bits per heavy atom. The van der Waals surface area contributed by atoms with E-state index in [9.17, 15) is 0 Å². The minimum atomic E-state index is 0.772.